The van der Waals surface area contributed by atoms with Crippen LogP contribution >= 0.6 is 0 Å². The summed E-state index contributed by atoms with van der Waals surface area (Å²) in [5.74, 6) is -0.237. The molecule has 19 heavy (non-hydrogen) atoms. The van der Waals surface area contributed by atoms with E-state index in [4.69, 9.17) is 5.73 Å². The van der Waals surface area contributed by atoms with Crippen LogP contribution in [-0.4, -0.2) is 10.9 Å². The molecule has 1 aromatic heterocycles. The average molecular weight is 255 g/mol. The SMILES string of the molecule is Cc1cc(N)c(C(=O)Nc2cccc(C)c2C)cn1. The number of carbonyl (C=O) groups is 1. The van der Waals surface area contributed by atoms with Crippen molar-refractivity contribution in [3.05, 3.63) is 52.8 Å². The molecule has 0 atom stereocenters. The Hall–Kier alpha value is -2.36. The van der Waals surface area contributed by atoms with Crippen molar-refractivity contribution in [3.63, 3.8) is 0 Å². The van der Waals surface area contributed by atoms with E-state index >= 15 is 0 Å². The Bertz CT molecular complexity index is 635. The Morgan fingerprint density at radius 3 is 2.68 bits per heavy atom. The monoisotopic (exact) mass is 255 g/mol. The molecule has 2 rings (SSSR count). The fourth-order valence-corrected chi connectivity index (χ4v) is 1.85. The summed E-state index contributed by atoms with van der Waals surface area (Å²) in [7, 11) is 0. The van der Waals surface area contributed by atoms with Crippen molar-refractivity contribution in [1.29, 1.82) is 0 Å². The summed E-state index contributed by atoms with van der Waals surface area (Å²) < 4.78 is 0. The summed E-state index contributed by atoms with van der Waals surface area (Å²) >= 11 is 0. The summed E-state index contributed by atoms with van der Waals surface area (Å²) in [5.41, 5.74) is 10.4. The van der Waals surface area contributed by atoms with E-state index in [1.165, 1.54) is 6.20 Å². The second-order valence-corrected chi connectivity index (χ2v) is 4.61. The summed E-state index contributed by atoms with van der Waals surface area (Å²) in [6, 6.07) is 7.48. The minimum atomic E-state index is -0.237. The minimum Gasteiger partial charge on any atom is -0.398 e. The molecule has 0 saturated heterocycles. The van der Waals surface area contributed by atoms with Gasteiger partial charge in [-0.25, -0.2) is 0 Å². The zero-order valence-electron chi connectivity index (χ0n) is 11.3. The lowest BCUT2D eigenvalue weighted by atomic mass is 10.1. The smallest absolute Gasteiger partial charge is 0.259 e. The largest absolute Gasteiger partial charge is 0.398 e. The van der Waals surface area contributed by atoms with E-state index in [1.54, 1.807) is 6.07 Å². The Morgan fingerprint density at radius 1 is 1.26 bits per heavy atom. The zero-order valence-corrected chi connectivity index (χ0v) is 11.3. The van der Waals surface area contributed by atoms with Crippen molar-refractivity contribution in [1.82, 2.24) is 4.98 Å². The maximum Gasteiger partial charge on any atom is 0.259 e. The first kappa shape index (κ1) is 13.1. The molecule has 0 unspecified atom stereocenters. The molecule has 98 valence electrons. The van der Waals surface area contributed by atoms with Crippen LogP contribution in [0.2, 0.25) is 0 Å². The third-order valence-electron chi connectivity index (χ3n) is 3.17. The van der Waals surface area contributed by atoms with Crippen molar-refractivity contribution in [2.24, 2.45) is 0 Å². The van der Waals surface area contributed by atoms with Crippen LogP contribution < -0.4 is 11.1 Å². The number of rotatable bonds is 2. The number of nitrogens with one attached hydrogen (secondary N) is 1. The third-order valence-corrected chi connectivity index (χ3v) is 3.17. The maximum atomic E-state index is 12.2. The second kappa shape index (κ2) is 5.10. The van der Waals surface area contributed by atoms with Gasteiger partial charge in [0.1, 0.15) is 0 Å². The summed E-state index contributed by atoms with van der Waals surface area (Å²) in [5, 5.41) is 2.87. The molecule has 0 aliphatic rings. The van der Waals surface area contributed by atoms with Crippen LogP contribution in [0, 0.1) is 20.8 Å². The number of nitrogens with zero attached hydrogens (tertiary/aromatic N) is 1. The van der Waals surface area contributed by atoms with Crippen molar-refractivity contribution >= 4 is 17.3 Å². The number of hydrogen-bond acceptors (Lipinski definition) is 3. The van der Waals surface area contributed by atoms with Gasteiger partial charge in [-0.3, -0.25) is 9.78 Å². The molecule has 0 fully saturated rings. The topological polar surface area (TPSA) is 68.0 Å². The number of nitrogen functional groups attached to an aromatic ring is 1. The van der Waals surface area contributed by atoms with Gasteiger partial charge in [-0.15, -0.1) is 0 Å². The van der Waals surface area contributed by atoms with Gasteiger partial charge in [0.2, 0.25) is 0 Å². The molecule has 1 heterocycles. The van der Waals surface area contributed by atoms with Crippen LogP contribution in [-0.2, 0) is 0 Å². The van der Waals surface area contributed by atoms with Crippen LogP contribution in [0.5, 0.6) is 0 Å². The van der Waals surface area contributed by atoms with Crippen LogP contribution in [0.1, 0.15) is 27.2 Å². The molecular weight excluding hydrogens is 238 g/mol. The van der Waals surface area contributed by atoms with Crippen molar-refractivity contribution in [3.8, 4) is 0 Å². The first-order valence-electron chi connectivity index (χ1n) is 6.08. The predicted octanol–water partition coefficient (Wildman–Crippen LogP) is 2.84. The average Bonchev–Trinajstić information content (AvgIpc) is 2.34. The highest BCUT2D eigenvalue weighted by molar-refractivity contribution is 6.07. The Kier molecular flexibility index (Phi) is 3.51. The van der Waals surface area contributed by atoms with Crippen molar-refractivity contribution < 1.29 is 4.79 Å². The van der Waals surface area contributed by atoms with Gasteiger partial charge in [0, 0.05) is 23.3 Å². The molecule has 0 spiro atoms. The molecule has 0 radical (unpaired) electrons. The molecule has 0 saturated carbocycles. The fourth-order valence-electron chi connectivity index (χ4n) is 1.85. The maximum absolute atomic E-state index is 12.2. The molecule has 1 amide bonds. The number of carbonyl (C=O) groups excluding carboxylic acids is 1. The van der Waals surface area contributed by atoms with Gasteiger partial charge < -0.3 is 11.1 Å². The van der Waals surface area contributed by atoms with Gasteiger partial charge in [0.15, 0.2) is 0 Å². The van der Waals surface area contributed by atoms with Crippen LogP contribution in [0.3, 0.4) is 0 Å². The van der Waals surface area contributed by atoms with E-state index in [9.17, 15) is 4.79 Å². The van der Waals surface area contributed by atoms with E-state index in [1.807, 2.05) is 39.0 Å². The lowest BCUT2D eigenvalue weighted by molar-refractivity contribution is 0.102. The van der Waals surface area contributed by atoms with E-state index in [2.05, 4.69) is 10.3 Å². The number of benzene rings is 1. The molecular formula is C15H17N3O. The summed E-state index contributed by atoms with van der Waals surface area (Å²) in [4.78, 5) is 16.3. The fraction of sp³-hybridized carbons (Fsp3) is 0.200. The van der Waals surface area contributed by atoms with Crippen LogP contribution in [0.15, 0.2) is 30.5 Å². The van der Waals surface area contributed by atoms with Gasteiger partial charge in [-0.2, -0.15) is 0 Å². The van der Waals surface area contributed by atoms with Gasteiger partial charge >= 0.3 is 0 Å². The number of anilines is 2. The number of aryl methyl sites for hydroxylation is 2. The highest BCUT2D eigenvalue weighted by Crippen LogP contribution is 2.20. The summed E-state index contributed by atoms with van der Waals surface area (Å²) in [6.07, 6.45) is 1.51. The van der Waals surface area contributed by atoms with E-state index in [-0.39, 0.29) is 5.91 Å². The van der Waals surface area contributed by atoms with Gasteiger partial charge in [-0.05, 0) is 44.0 Å². The third kappa shape index (κ3) is 2.73. The molecule has 4 heteroatoms. The highest BCUT2D eigenvalue weighted by atomic mass is 16.1. The quantitative estimate of drug-likeness (QED) is 0.867. The predicted molar refractivity (Wildman–Crippen MR) is 77.3 cm³/mol. The Labute approximate surface area is 112 Å². The number of aromatic nitrogens is 1. The lowest BCUT2D eigenvalue weighted by Crippen LogP contribution is -2.15. The van der Waals surface area contributed by atoms with E-state index in [0.717, 1.165) is 22.5 Å². The van der Waals surface area contributed by atoms with Gasteiger partial charge in [-0.1, -0.05) is 12.1 Å². The molecule has 3 N–H and O–H groups in total. The van der Waals surface area contributed by atoms with Gasteiger partial charge in [0.25, 0.3) is 5.91 Å². The standard InChI is InChI=1S/C15H17N3O/c1-9-5-4-6-14(11(9)3)18-15(19)12-8-17-10(2)7-13(12)16/h4-8H,1-3H3,(H2,16,17)(H,18,19). The number of amides is 1. The molecule has 2 aromatic rings. The molecule has 0 aliphatic heterocycles. The number of hydrogen-bond donors (Lipinski definition) is 2. The van der Waals surface area contributed by atoms with Crippen LogP contribution in [0.25, 0.3) is 0 Å². The number of pyridine rings is 1. The molecule has 4 nitrogen and oxygen atoms in total. The lowest BCUT2D eigenvalue weighted by Gasteiger charge is -2.11. The van der Waals surface area contributed by atoms with Gasteiger partial charge in [0.05, 0.1) is 5.56 Å². The van der Waals surface area contributed by atoms with E-state index in [0.29, 0.717) is 11.3 Å². The highest BCUT2D eigenvalue weighted by Gasteiger charge is 2.12. The van der Waals surface area contributed by atoms with Crippen molar-refractivity contribution in [2.75, 3.05) is 11.1 Å². The summed E-state index contributed by atoms with van der Waals surface area (Å²) in [6.45, 7) is 5.82. The first-order valence-corrected chi connectivity index (χ1v) is 6.08. The molecule has 1 aromatic carbocycles. The Balaban J connectivity index is 2.28. The second-order valence-electron chi connectivity index (χ2n) is 4.61. The minimum absolute atomic E-state index is 0.237. The van der Waals surface area contributed by atoms with Crippen LogP contribution in [0.4, 0.5) is 11.4 Å². The Morgan fingerprint density at radius 2 is 2.00 bits per heavy atom. The molecule has 0 aliphatic carbocycles. The molecule has 0 bridgehead atoms. The number of nitrogens with two attached hydrogens (primary N) is 1. The normalized spacial score (nSPS) is 10.3. The zero-order chi connectivity index (χ0) is 14.0. The van der Waals surface area contributed by atoms with E-state index < -0.39 is 0 Å². The van der Waals surface area contributed by atoms with Crippen molar-refractivity contribution in [2.45, 2.75) is 20.8 Å². The first-order chi connectivity index (χ1) is 8.99.